The van der Waals surface area contributed by atoms with Crippen LogP contribution >= 0.6 is 23.2 Å². The predicted molar refractivity (Wildman–Crippen MR) is 89.1 cm³/mol. The molecule has 0 saturated carbocycles. The summed E-state index contributed by atoms with van der Waals surface area (Å²) in [5.74, 6) is -0.253. The maximum atomic E-state index is 12.3. The van der Waals surface area contributed by atoms with Gasteiger partial charge in [0.25, 0.3) is 0 Å². The topological polar surface area (TPSA) is 57.9 Å². The second-order valence-corrected chi connectivity index (χ2v) is 7.39. The van der Waals surface area contributed by atoms with E-state index < -0.39 is 9.84 Å². The number of halogens is 2. The van der Waals surface area contributed by atoms with Crippen LogP contribution in [0.1, 0.15) is 11.1 Å². The lowest BCUT2D eigenvalue weighted by molar-refractivity contribution is 0.602. The summed E-state index contributed by atoms with van der Waals surface area (Å²) in [4.78, 5) is -0.287. The summed E-state index contributed by atoms with van der Waals surface area (Å²) in [7, 11) is -3.72. The monoisotopic (exact) mass is 351 g/mol. The third kappa shape index (κ3) is 4.35. The van der Waals surface area contributed by atoms with Gasteiger partial charge in [-0.25, -0.2) is 8.42 Å². The molecule has 0 spiro atoms. The van der Waals surface area contributed by atoms with Crippen molar-refractivity contribution in [1.29, 1.82) is 5.26 Å². The van der Waals surface area contributed by atoms with E-state index in [1.165, 1.54) is 6.08 Å². The van der Waals surface area contributed by atoms with E-state index in [1.54, 1.807) is 54.6 Å². The molecule has 22 heavy (non-hydrogen) atoms. The van der Waals surface area contributed by atoms with Gasteiger partial charge in [-0.15, -0.1) is 0 Å². The first-order valence-electron chi connectivity index (χ1n) is 6.25. The van der Waals surface area contributed by atoms with Crippen molar-refractivity contribution in [3.8, 4) is 6.07 Å². The molecule has 0 unspecified atom stereocenters. The van der Waals surface area contributed by atoms with Gasteiger partial charge in [0.05, 0.1) is 5.75 Å². The van der Waals surface area contributed by atoms with Gasteiger partial charge in [-0.2, -0.15) is 5.26 Å². The van der Waals surface area contributed by atoms with Crippen molar-refractivity contribution >= 4 is 39.1 Å². The summed E-state index contributed by atoms with van der Waals surface area (Å²) in [6.07, 6.45) is 1.33. The number of nitrogens with zero attached hydrogens (tertiary/aromatic N) is 1. The van der Waals surface area contributed by atoms with E-state index in [9.17, 15) is 8.42 Å². The Morgan fingerprint density at radius 1 is 1.00 bits per heavy atom. The summed E-state index contributed by atoms with van der Waals surface area (Å²) in [5.41, 5.74) is 1.17. The number of nitriles is 1. The highest BCUT2D eigenvalue weighted by molar-refractivity contribution is 7.95. The van der Waals surface area contributed by atoms with Crippen molar-refractivity contribution in [2.45, 2.75) is 5.75 Å². The fourth-order valence-corrected chi connectivity index (χ4v) is 3.27. The standard InChI is InChI=1S/C16H11Cl2NO2S/c17-14-5-1-12(2-6-14)9-16(10-19)22(20,21)11-13-3-7-15(18)8-4-13/h1-9H,11H2. The van der Waals surface area contributed by atoms with Gasteiger partial charge in [-0.05, 0) is 41.5 Å². The number of hydrogen-bond donors (Lipinski definition) is 0. The lowest BCUT2D eigenvalue weighted by atomic mass is 10.2. The number of sulfone groups is 1. The summed E-state index contributed by atoms with van der Waals surface area (Å²) in [6, 6.07) is 14.8. The molecule has 0 atom stereocenters. The molecule has 0 heterocycles. The summed E-state index contributed by atoms with van der Waals surface area (Å²) < 4.78 is 24.7. The fraction of sp³-hybridized carbons (Fsp3) is 0.0625. The Morgan fingerprint density at radius 3 is 2.00 bits per heavy atom. The van der Waals surface area contributed by atoms with Crippen molar-refractivity contribution in [3.05, 3.63) is 74.6 Å². The molecule has 0 aromatic heterocycles. The molecule has 0 radical (unpaired) electrons. The maximum Gasteiger partial charge on any atom is 0.192 e. The molecule has 0 aliphatic rings. The highest BCUT2D eigenvalue weighted by atomic mass is 35.5. The van der Waals surface area contributed by atoms with Gasteiger partial charge < -0.3 is 0 Å². The van der Waals surface area contributed by atoms with Crippen molar-refractivity contribution in [2.75, 3.05) is 0 Å². The molecule has 0 N–H and O–H groups in total. The number of rotatable bonds is 4. The van der Waals surface area contributed by atoms with Crippen molar-refractivity contribution < 1.29 is 8.42 Å². The minimum atomic E-state index is -3.72. The Morgan fingerprint density at radius 2 is 1.50 bits per heavy atom. The summed E-state index contributed by atoms with van der Waals surface area (Å²) in [5, 5.41) is 10.2. The van der Waals surface area contributed by atoms with Gasteiger partial charge in [0.15, 0.2) is 9.84 Å². The normalized spacial score (nSPS) is 12.0. The van der Waals surface area contributed by atoms with Crippen molar-refractivity contribution in [3.63, 3.8) is 0 Å². The Hall–Kier alpha value is -1.80. The molecule has 2 aromatic rings. The molecular formula is C16H11Cl2NO2S. The highest BCUT2D eigenvalue weighted by Crippen LogP contribution is 2.19. The van der Waals surface area contributed by atoms with Gasteiger partial charge in [0, 0.05) is 10.0 Å². The van der Waals surface area contributed by atoms with Crippen LogP contribution in [0.5, 0.6) is 0 Å². The van der Waals surface area contributed by atoms with Gasteiger partial charge >= 0.3 is 0 Å². The number of hydrogen-bond acceptors (Lipinski definition) is 3. The largest absolute Gasteiger partial charge is 0.223 e. The van der Waals surface area contributed by atoms with Crippen LogP contribution < -0.4 is 0 Å². The Balaban J connectivity index is 2.31. The summed E-state index contributed by atoms with van der Waals surface area (Å²) in [6.45, 7) is 0. The van der Waals surface area contributed by atoms with Crippen LogP contribution in [-0.4, -0.2) is 8.42 Å². The molecule has 0 aliphatic heterocycles. The van der Waals surface area contributed by atoms with Crippen molar-refractivity contribution in [2.24, 2.45) is 0 Å². The van der Waals surface area contributed by atoms with E-state index in [0.717, 1.165) is 0 Å². The van der Waals surface area contributed by atoms with Crippen LogP contribution in [0.2, 0.25) is 10.0 Å². The van der Waals surface area contributed by atoms with E-state index in [2.05, 4.69) is 0 Å². The quantitative estimate of drug-likeness (QED) is 0.763. The predicted octanol–water partition coefficient (Wildman–Crippen LogP) is 4.47. The van der Waals surface area contributed by atoms with E-state index in [-0.39, 0.29) is 10.7 Å². The molecule has 112 valence electrons. The third-order valence-corrected chi connectivity index (χ3v) is 4.98. The Kier molecular flexibility index (Phi) is 5.25. The summed E-state index contributed by atoms with van der Waals surface area (Å²) >= 11 is 11.5. The second-order valence-electron chi connectivity index (χ2n) is 4.56. The minimum Gasteiger partial charge on any atom is -0.223 e. The van der Waals surface area contributed by atoms with E-state index >= 15 is 0 Å². The molecule has 0 aliphatic carbocycles. The fourth-order valence-electron chi connectivity index (χ4n) is 1.78. The zero-order valence-corrected chi connectivity index (χ0v) is 13.7. The molecule has 2 rings (SSSR count). The van der Waals surface area contributed by atoms with Gasteiger partial charge in [-0.1, -0.05) is 47.5 Å². The van der Waals surface area contributed by atoms with Crippen LogP contribution in [0.15, 0.2) is 53.4 Å². The number of benzene rings is 2. The van der Waals surface area contributed by atoms with Gasteiger partial charge in [-0.3, -0.25) is 0 Å². The molecule has 0 fully saturated rings. The molecule has 2 aromatic carbocycles. The van der Waals surface area contributed by atoms with Crippen molar-refractivity contribution in [1.82, 2.24) is 0 Å². The first-order valence-corrected chi connectivity index (χ1v) is 8.66. The first kappa shape index (κ1) is 16.6. The molecule has 6 heteroatoms. The van der Waals surface area contributed by atoms with E-state index in [1.807, 2.05) is 0 Å². The van der Waals surface area contributed by atoms with Crippen LogP contribution in [-0.2, 0) is 15.6 Å². The van der Waals surface area contributed by atoms with Gasteiger partial charge in [0.2, 0.25) is 0 Å². The molecule has 0 saturated heterocycles. The molecule has 3 nitrogen and oxygen atoms in total. The Labute approximate surface area is 139 Å². The second kappa shape index (κ2) is 6.97. The zero-order valence-electron chi connectivity index (χ0n) is 11.3. The van der Waals surface area contributed by atoms with Crippen LogP contribution in [0.3, 0.4) is 0 Å². The minimum absolute atomic E-state index is 0.253. The van der Waals surface area contributed by atoms with E-state index in [0.29, 0.717) is 21.2 Å². The van der Waals surface area contributed by atoms with Crippen LogP contribution in [0.4, 0.5) is 0 Å². The highest BCUT2D eigenvalue weighted by Gasteiger charge is 2.18. The van der Waals surface area contributed by atoms with Gasteiger partial charge in [0.1, 0.15) is 11.0 Å². The van der Waals surface area contributed by atoms with E-state index in [4.69, 9.17) is 28.5 Å². The maximum absolute atomic E-state index is 12.3. The van der Waals surface area contributed by atoms with Crippen LogP contribution in [0, 0.1) is 11.3 Å². The number of allylic oxidation sites excluding steroid dienone is 1. The molecular weight excluding hydrogens is 341 g/mol. The lowest BCUT2D eigenvalue weighted by Crippen LogP contribution is -2.06. The average molecular weight is 352 g/mol. The zero-order chi connectivity index (χ0) is 16.2. The third-order valence-electron chi connectivity index (χ3n) is 2.88. The SMILES string of the molecule is N#CC(=Cc1ccc(Cl)cc1)S(=O)(=O)Cc1ccc(Cl)cc1. The smallest absolute Gasteiger partial charge is 0.192 e. The molecule has 0 amide bonds. The average Bonchev–Trinajstić information content (AvgIpc) is 2.48. The molecule has 0 bridgehead atoms. The van der Waals surface area contributed by atoms with Crippen LogP contribution in [0.25, 0.3) is 6.08 Å². The first-order chi connectivity index (χ1) is 10.4. The Bertz CT molecular complexity index is 833. The lowest BCUT2D eigenvalue weighted by Gasteiger charge is -2.04.